The summed E-state index contributed by atoms with van der Waals surface area (Å²) >= 11 is 0. The smallest absolute Gasteiger partial charge is 0.224 e. The molecule has 0 spiro atoms. The second kappa shape index (κ2) is 8.06. The molecule has 126 valence electrons. The molecule has 0 aliphatic carbocycles. The van der Waals surface area contributed by atoms with Crippen molar-refractivity contribution < 1.29 is 9.18 Å². The SMILES string of the molecule is O=C(Cc1cccc(F)c1)NCc1ccc(CN2CCCC2)cc1. The highest BCUT2D eigenvalue weighted by Gasteiger charge is 2.11. The second-order valence-corrected chi connectivity index (χ2v) is 6.38. The monoisotopic (exact) mass is 326 g/mol. The molecule has 1 N–H and O–H groups in total. The van der Waals surface area contributed by atoms with E-state index in [0.29, 0.717) is 12.1 Å². The summed E-state index contributed by atoms with van der Waals surface area (Å²) in [5.74, 6) is -0.407. The average Bonchev–Trinajstić information content (AvgIpc) is 3.07. The van der Waals surface area contributed by atoms with Crippen molar-refractivity contribution in [1.82, 2.24) is 10.2 Å². The van der Waals surface area contributed by atoms with Crippen LogP contribution in [0, 0.1) is 5.82 Å². The Morgan fingerprint density at radius 1 is 1.00 bits per heavy atom. The third-order valence-electron chi connectivity index (χ3n) is 4.37. The van der Waals surface area contributed by atoms with Gasteiger partial charge in [-0.05, 0) is 54.8 Å². The highest BCUT2D eigenvalue weighted by atomic mass is 19.1. The summed E-state index contributed by atoms with van der Waals surface area (Å²) < 4.78 is 13.1. The Balaban J connectivity index is 1.46. The van der Waals surface area contributed by atoms with Crippen molar-refractivity contribution in [3.05, 3.63) is 71.0 Å². The van der Waals surface area contributed by atoms with Gasteiger partial charge in [0.15, 0.2) is 0 Å². The lowest BCUT2D eigenvalue weighted by Gasteiger charge is -2.14. The van der Waals surface area contributed by atoms with Gasteiger partial charge in [-0.25, -0.2) is 4.39 Å². The van der Waals surface area contributed by atoms with E-state index in [1.165, 1.54) is 43.6 Å². The number of nitrogens with one attached hydrogen (secondary N) is 1. The Hall–Kier alpha value is -2.20. The molecule has 3 rings (SSSR count). The molecule has 1 aliphatic rings. The molecule has 3 nitrogen and oxygen atoms in total. The van der Waals surface area contributed by atoms with Crippen LogP contribution in [0.3, 0.4) is 0 Å². The summed E-state index contributed by atoms with van der Waals surface area (Å²) in [6, 6.07) is 14.5. The van der Waals surface area contributed by atoms with E-state index in [4.69, 9.17) is 0 Å². The van der Waals surface area contributed by atoms with Crippen LogP contribution in [0.2, 0.25) is 0 Å². The summed E-state index contributed by atoms with van der Waals surface area (Å²) in [6.07, 6.45) is 2.80. The Morgan fingerprint density at radius 2 is 1.71 bits per heavy atom. The first kappa shape index (κ1) is 16.7. The standard InChI is InChI=1S/C20H23FN2O/c21-19-5-3-4-18(12-19)13-20(24)22-14-16-6-8-17(9-7-16)15-23-10-1-2-11-23/h3-9,12H,1-2,10-11,13-15H2,(H,22,24). The Morgan fingerprint density at radius 3 is 2.42 bits per heavy atom. The van der Waals surface area contributed by atoms with Crippen LogP contribution in [-0.4, -0.2) is 23.9 Å². The molecule has 0 saturated carbocycles. The van der Waals surface area contributed by atoms with E-state index in [9.17, 15) is 9.18 Å². The number of amides is 1. The second-order valence-electron chi connectivity index (χ2n) is 6.38. The first-order chi connectivity index (χ1) is 11.7. The fourth-order valence-electron chi connectivity index (χ4n) is 3.06. The van der Waals surface area contributed by atoms with Crippen LogP contribution in [0.5, 0.6) is 0 Å². The van der Waals surface area contributed by atoms with Gasteiger partial charge in [0.25, 0.3) is 0 Å². The van der Waals surface area contributed by atoms with E-state index < -0.39 is 0 Å². The first-order valence-corrected chi connectivity index (χ1v) is 8.50. The van der Waals surface area contributed by atoms with Crippen molar-refractivity contribution >= 4 is 5.91 Å². The van der Waals surface area contributed by atoms with Crippen LogP contribution in [0.15, 0.2) is 48.5 Å². The van der Waals surface area contributed by atoms with Crippen LogP contribution < -0.4 is 5.32 Å². The van der Waals surface area contributed by atoms with E-state index in [1.807, 2.05) is 0 Å². The van der Waals surface area contributed by atoms with Gasteiger partial charge in [-0.2, -0.15) is 0 Å². The van der Waals surface area contributed by atoms with Gasteiger partial charge in [0.1, 0.15) is 5.82 Å². The molecular weight excluding hydrogens is 303 g/mol. The average molecular weight is 326 g/mol. The molecule has 0 atom stereocenters. The van der Waals surface area contributed by atoms with Crippen LogP contribution in [0.1, 0.15) is 29.5 Å². The van der Waals surface area contributed by atoms with Crippen LogP contribution in [-0.2, 0) is 24.3 Å². The van der Waals surface area contributed by atoms with Gasteiger partial charge < -0.3 is 5.32 Å². The third-order valence-corrected chi connectivity index (χ3v) is 4.37. The minimum Gasteiger partial charge on any atom is -0.352 e. The quantitative estimate of drug-likeness (QED) is 0.883. The molecule has 24 heavy (non-hydrogen) atoms. The maximum Gasteiger partial charge on any atom is 0.224 e. The maximum atomic E-state index is 13.1. The minimum atomic E-state index is -0.311. The van der Waals surface area contributed by atoms with Crippen LogP contribution in [0.4, 0.5) is 4.39 Å². The molecule has 0 aromatic heterocycles. The highest BCUT2D eigenvalue weighted by Crippen LogP contribution is 2.13. The van der Waals surface area contributed by atoms with Crippen molar-refractivity contribution in [2.24, 2.45) is 0 Å². The fraction of sp³-hybridized carbons (Fsp3) is 0.350. The van der Waals surface area contributed by atoms with Gasteiger partial charge in [0, 0.05) is 13.1 Å². The fourth-order valence-corrected chi connectivity index (χ4v) is 3.06. The van der Waals surface area contributed by atoms with E-state index in [0.717, 1.165) is 12.1 Å². The van der Waals surface area contributed by atoms with Crippen LogP contribution >= 0.6 is 0 Å². The lowest BCUT2D eigenvalue weighted by Crippen LogP contribution is -2.24. The largest absolute Gasteiger partial charge is 0.352 e. The lowest BCUT2D eigenvalue weighted by atomic mass is 10.1. The maximum absolute atomic E-state index is 13.1. The van der Waals surface area contributed by atoms with Gasteiger partial charge in [0.2, 0.25) is 5.91 Å². The number of likely N-dealkylation sites (tertiary alicyclic amines) is 1. The number of carbonyl (C=O) groups is 1. The molecule has 0 bridgehead atoms. The predicted molar refractivity (Wildman–Crippen MR) is 92.9 cm³/mol. The predicted octanol–water partition coefficient (Wildman–Crippen LogP) is 3.28. The third kappa shape index (κ3) is 4.90. The summed E-state index contributed by atoms with van der Waals surface area (Å²) in [5.41, 5.74) is 3.08. The number of nitrogens with zero attached hydrogens (tertiary/aromatic N) is 1. The van der Waals surface area contributed by atoms with E-state index in [2.05, 4.69) is 34.5 Å². The summed E-state index contributed by atoms with van der Waals surface area (Å²) in [6.45, 7) is 3.89. The molecule has 2 aromatic rings. The number of halogens is 1. The molecule has 0 unspecified atom stereocenters. The number of benzene rings is 2. The molecule has 1 saturated heterocycles. The highest BCUT2D eigenvalue weighted by molar-refractivity contribution is 5.78. The normalized spacial score (nSPS) is 14.7. The lowest BCUT2D eigenvalue weighted by molar-refractivity contribution is -0.120. The van der Waals surface area contributed by atoms with Crippen molar-refractivity contribution in [3.8, 4) is 0 Å². The van der Waals surface area contributed by atoms with Crippen molar-refractivity contribution in [3.63, 3.8) is 0 Å². The number of hydrogen-bond donors (Lipinski definition) is 1. The van der Waals surface area contributed by atoms with Crippen molar-refractivity contribution in [2.75, 3.05) is 13.1 Å². The van der Waals surface area contributed by atoms with Gasteiger partial charge in [0.05, 0.1) is 6.42 Å². The summed E-state index contributed by atoms with van der Waals surface area (Å²) in [4.78, 5) is 14.4. The molecule has 4 heteroatoms. The number of carbonyl (C=O) groups excluding carboxylic acids is 1. The number of rotatable bonds is 6. The Kier molecular flexibility index (Phi) is 5.59. The summed E-state index contributed by atoms with van der Waals surface area (Å²) in [7, 11) is 0. The Labute approximate surface area is 142 Å². The summed E-state index contributed by atoms with van der Waals surface area (Å²) in [5, 5.41) is 2.89. The van der Waals surface area contributed by atoms with E-state index in [-0.39, 0.29) is 18.1 Å². The topological polar surface area (TPSA) is 32.3 Å². The van der Waals surface area contributed by atoms with Crippen molar-refractivity contribution in [2.45, 2.75) is 32.4 Å². The van der Waals surface area contributed by atoms with E-state index in [1.54, 1.807) is 12.1 Å². The van der Waals surface area contributed by atoms with Gasteiger partial charge >= 0.3 is 0 Å². The van der Waals surface area contributed by atoms with Crippen molar-refractivity contribution in [1.29, 1.82) is 0 Å². The van der Waals surface area contributed by atoms with E-state index >= 15 is 0 Å². The molecular formula is C20H23FN2O. The van der Waals surface area contributed by atoms with Gasteiger partial charge in [-0.1, -0.05) is 36.4 Å². The zero-order chi connectivity index (χ0) is 16.8. The number of hydrogen-bond acceptors (Lipinski definition) is 2. The molecule has 1 fully saturated rings. The molecule has 0 radical (unpaired) electrons. The Bertz CT molecular complexity index is 678. The van der Waals surface area contributed by atoms with Gasteiger partial charge in [-0.15, -0.1) is 0 Å². The molecule has 2 aromatic carbocycles. The molecule has 1 amide bonds. The van der Waals surface area contributed by atoms with Crippen LogP contribution in [0.25, 0.3) is 0 Å². The first-order valence-electron chi connectivity index (χ1n) is 8.50. The minimum absolute atomic E-state index is 0.0956. The molecule has 1 aliphatic heterocycles. The van der Waals surface area contributed by atoms with Gasteiger partial charge in [-0.3, -0.25) is 9.69 Å². The zero-order valence-electron chi connectivity index (χ0n) is 13.8. The molecule has 1 heterocycles. The zero-order valence-corrected chi connectivity index (χ0v) is 13.8.